The smallest absolute Gasteiger partial charge is 0.173 e. The summed E-state index contributed by atoms with van der Waals surface area (Å²) >= 11 is 5.69. The van der Waals surface area contributed by atoms with Crippen molar-refractivity contribution < 1.29 is 4.74 Å². The largest absolute Gasteiger partial charge is 0.497 e. The topological polar surface area (TPSA) is 24.5 Å². The Morgan fingerprint density at radius 3 is 2.11 bits per heavy atom. The van der Waals surface area contributed by atoms with E-state index in [2.05, 4.69) is 46.6 Å². The zero-order valence-electron chi connectivity index (χ0n) is 15.6. The Bertz CT molecular complexity index is 851. The Labute approximate surface area is 166 Å². The van der Waals surface area contributed by atoms with E-state index in [1.54, 1.807) is 7.11 Å². The van der Waals surface area contributed by atoms with Crippen LogP contribution in [0.5, 0.6) is 5.75 Å². The number of hydrogen-bond donors (Lipinski definition) is 1. The van der Waals surface area contributed by atoms with Crippen LogP contribution in [0.3, 0.4) is 0 Å². The molecule has 0 saturated heterocycles. The lowest BCUT2D eigenvalue weighted by molar-refractivity contribution is 0.376. The molecule has 0 bridgehead atoms. The van der Waals surface area contributed by atoms with Gasteiger partial charge in [0, 0.05) is 12.7 Å². The van der Waals surface area contributed by atoms with Crippen LogP contribution in [0.2, 0.25) is 0 Å². The second-order valence-electron chi connectivity index (χ2n) is 6.39. The molecule has 27 heavy (non-hydrogen) atoms. The van der Waals surface area contributed by atoms with Crippen LogP contribution in [0.1, 0.15) is 17.2 Å². The fourth-order valence-electron chi connectivity index (χ4n) is 3.02. The first kappa shape index (κ1) is 18.9. The average Bonchev–Trinajstić information content (AvgIpc) is 2.73. The van der Waals surface area contributed by atoms with Gasteiger partial charge in [0.15, 0.2) is 5.11 Å². The molecule has 0 heterocycles. The Balaban J connectivity index is 1.84. The van der Waals surface area contributed by atoms with Gasteiger partial charge in [-0.3, -0.25) is 0 Å². The maximum atomic E-state index is 5.69. The van der Waals surface area contributed by atoms with Crippen molar-refractivity contribution in [1.82, 2.24) is 4.90 Å². The second-order valence-corrected chi connectivity index (χ2v) is 6.77. The van der Waals surface area contributed by atoms with E-state index in [1.165, 1.54) is 11.1 Å². The molecular formula is C23H24N2OS. The molecule has 1 atom stereocenters. The number of hydrogen-bond acceptors (Lipinski definition) is 2. The van der Waals surface area contributed by atoms with E-state index in [-0.39, 0.29) is 6.04 Å². The molecule has 0 aliphatic rings. The molecule has 0 fully saturated rings. The highest BCUT2D eigenvalue weighted by Crippen LogP contribution is 2.27. The van der Waals surface area contributed by atoms with E-state index in [1.807, 2.05) is 55.6 Å². The van der Waals surface area contributed by atoms with Gasteiger partial charge in [0.2, 0.25) is 0 Å². The molecule has 0 spiro atoms. The van der Waals surface area contributed by atoms with Crippen molar-refractivity contribution in [2.75, 3.05) is 19.5 Å². The van der Waals surface area contributed by atoms with E-state index < -0.39 is 0 Å². The van der Waals surface area contributed by atoms with Crippen molar-refractivity contribution in [1.29, 1.82) is 0 Å². The molecule has 3 aromatic carbocycles. The third kappa shape index (κ3) is 5.08. The van der Waals surface area contributed by atoms with Gasteiger partial charge in [0.05, 0.1) is 13.2 Å². The van der Waals surface area contributed by atoms with Gasteiger partial charge >= 0.3 is 0 Å². The monoisotopic (exact) mass is 376 g/mol. The first-order valence-corrected chi connectivity index (χ1v) is 9.35. The van der Waals surface area contributed by atoms with Gasteiger partial charge in [-0.2, -0.15) is 0 Å². The van der Waals surface area contributed by atoms with Crippen LogP contribution in [-0.2, 0) is 6.42 Å². The summed E-state index contributed by atoms with van der Waals surface area (Å²) in [6.07, 6.45) is 0.861. The molecule has 3 aromatic rings. The normalized spacial score (nSPS) is 11.5. The van der Waals surface area contributed by atoms with Crippen molar-refractivity contribution >= 4 is 23.0 Å². The Kier molecular flexibility index (Phi) is 6.44. The first-order valence-electron chi connectivity index (χ1n) is 8.94. The molecule has 0 radical (unpaired) electrons. The van der Waals surface area contributed by atoms with Crippen LogP contribution >= 0.6 is 12.2 Å². The minimum atomic E-state index is 0.113. The summed E-state index contributed by atoms with van der Waals surface area (Å²) in [5.74, 6) is 0.852. The van der Waals surface area contributed by atoms with Gasteiger partial charge in [-0.1, -0.05) is 60.7 Å². The third-order valence-electron chi connectivity index (χ3n) is 4.59. The van der Waals surface area contributed by atoms with Gasteiger partial charge in [-0.25, -0.2) is 0 Å². The highest BCUT2D eigenvalue weighted by molar-refractivity contribution is 7.80. The summed E-state index contributed by atoms with van der Waals surface area (Å²) in [7, 11) is 3.72. The van der Waals surface area contributed by atoms with Gasteiger partial charge in [-0.15, -0.1) is 0 Å². The van der Waals surface area contributed by atoms with Gasteiger partial charge in [-0.05, 0) is 54.0 Å². The summed E-state index contributed by atoms with van der Waals surface area (Å²) < 4.78 is 5.30. The number of likely N-dealkylation sites (N-methyl/N-ethyl adjacent to an activating group) is 1. The minimum absolute atomic E-state index is 0.113. The molecule has 3 rings (SSSR count). The van der Waals surface area contributed by atoms with Gasteiger partial charge < -0.3 is 15.0 Å². The second kappa shape index (κ2) is 9.19. The van der Waals surface area contributed by atoms with Crippen LogP contribution in [0.15, 0.2) is 84.9 Å². The molecule has 0 amide bonds. The Morgan fingerprint density at radius 1 is 0.926 bits per heavy atom. The maximum absolute atomic E-state index is 5.69. The highest BCUT2D eigenvalue weighted by Gasteiger charge is 2.20. The number of nitrogens with zero attached hydrogens (tertiary/aromatic N) is 1. The number of para-hydroxylation sites is 1. The lowest BCUT2D eigenvalue weighted by Crippen LogP contribution is -2.35. The van der Waals surface area contributed by atoms with E-state index in [4.69, 9.17) is 17.0 Å². The Hall–Kier alpha value is -2.85. The summed E-state index contributed by atoms with van der Waals surface area (Å²) in [5, 5.41) is 4.03. The first-order chi connectivity index (χ1) is 13.2. The number of rotatable bonds is 6. The highest BCUT2D eigenvalue weighted by atomic mass is 32.1. The predicted molar refractivity (Wildman–Crippen MR) is 116 cm³/mol. The quantitative estimate of drug-likeness (QED) is 0.590. The van der Waals surface area contributed by atoms with Crippen LogP contribution in [0.25, 0.3) is 0 Å². The molecule has 0 aliphatic carbocycles. The number of nitrogens with one attached hydrogen (secondary N) is 1. The molecule has 4 heteroatoms. The van der Waals surface area contributed by atoms with Gasteiger partial charge in [0.25, 0.3) is 0 Å². The maximum Gasteiger partial charge on any atom is 0.173 e. The lowest BCUT2D eigenvalue weighted by Gasteiger charge is -2.31. The van der Waals surface area contributed by atoms with Crippen LogP contribution in [-0.4, -0.2) is 24.2 Å². The van der Waals surface area contributed by atoms with Crippen LogP contribution < -0.4 is 10.1 Å². The predicted octanol–water partition coefficient (Wildman–Crippen LogP) is 5.31. The molecule has 0 saturated carbocycles. The van der Waals surface area contributed by atoms with Crippen molar-refractivity contribution in [3.8, 4) is 5.75 Å². The Morgan fingerprint density at radius 2 is 1.52 bits per heavy atom. The summed E-state index contributed by atoms with van der Waals surface area (Å²) in [5.41, 5.74) is 3.45. The molecule has 0 aromatic heterocycles. The zero-order chi connectivity index (χ0) is 19.1. The molecule has 1 N–H and O–H groups in total. The van der Waals surface area contributed by atoms with Crippen molar-refractivity contribution in [2.24, 2.45) is 0 Å². The minimum Gasteiger partial charge on any atom is -0.497 e. The molecule has 3 nitrogen and oxygen atoms in total. The number of anilines is 1. The zero-order valence-corrected chi connectivity index (χ0v) is 16.4. The summed E-state index contributed by atoms with van der Waals surface area (Å²) in [6.45, 7) is 0. The fourth-order valence-corrected chi connectivity index (χ4v) is 3.26. The lowest BCUT2D eigenvalue weighted by atomic mass is 9.98. The fraction of sp³-hybridized carbons (Fsp3) is 0.174. The third-order valence-corrected chi connectivity index (χ3v) is 4.98. The van der Waals surface area contributed by atoms with Crippen LogP contribution in [0, 0.1) is 0 Å². The van der Waals surface area contributed by atoms with E-state index in [9.17, 15) is 0 Å². The van der Waals surface area contributed by atoms with E-state index in [0.717, 1.165) is 17.9 Å². The summed E-state index contributed by atoms with van der Waals surface area (Å²) in [6, 6.07) is 28.8. The molecule has 138 valence electrons. The van der Waals surface area contributed by atoms with Crippen LogP contribution in [0.4, 0.5) is 5.69 Å². The molecular weight excluding hydrogens is 352 g/mol. The number of methoxy groups -OCH3 is 1. The standard InChI is InChI=1S/C23H24N2OS/c1-25(23(27)24-20-11-7-4-8-12-20)22(17-18-9-5-3-6-10-18)19-13-15-21(26-2)16-14-19/h3-16,22H,17H2,1-2H3,(H,24,27)/t22-/m1/s1. The molecule has 0 unspecified atom stereocenters. The van der Waals surface area contributed by atoms with Crippen molar-refractivity contribution in [3.05, 3.63) is 96.1 Å². The SMILES string of the molecule is COc1ccc([C@@H](Cc2ccccc2)N(C)C(=S)Nc2ccccc2)cc1. The molecule has 0 aliphatic heterocycles. The van der Waals surface area contributed by atoms with Gasteiger partial charge in [0.1, 0.15) is 5.75 Å². The van der Waals surface area contributed by atoms with E-state index >= 15 is 0 Å². The van der Waals surface area contributed by atoms with Crippen molar-refractivity contribution in [2.45, 2.75) is 12.5 Å². The number of thiocarbonyl (C=S) groups is 1. The average molecular weight is 377 g/mol. The number of ether oxygens (including phenoxy) is 1. The van der Waals surface area contributed by atoms with Crippen molar-refractivity contribution in [3.63, 3.8) is 0 Å². The van der Waals surface area contributed by atoms with E-state index in [0.29, 0.717) is 5.11 Å². The summed E-state index contributed by atoms with van der Waals surface area (Å²) in [4.78, 5) is 2.12. The number of benzene rings is 3.